The van der Waals surface area contributed by atoms with Crippen molar-refractivity contribution in [3.8, 4) is 0 Å². The molecule has 1 saturated heterocycles. The van der Waals surface area contributed by atoms with Crippen molar-refractivity contribution in [3.05, 3.63) is 47.8 Å². The Morgan fingerprint density at radius 3 is 2.83 bits per heavy atom. The van der Waals surface area contributed by atoms with Gasteiger partial charge in [-0.2, -0.15) is 5.10 Å². The van der Waals surface area contributed by atoms with Gasteiger partial charge >= 0.3 is 0 Å². The normalized spacial score (nSPS) is 20.1. The summed E-state index contributed by atoms with van der Waals surface area (Å²) in [5, 5.41) is 4.15. The number of sulfone groups is 1. The first-order chi connectivity index (χ1) is 11.4. The molecular formula is C15H17FN4O3S. The molecule has 1 fully saturated rings. The van der Waals surface area contributed by atoms with E-state index in [2.05, 4.69) is 10.1 Å². The number of hydrogen-bond donors (Lipinski definition) is 0. The van der Waals surface area contributed by atoms with Gasteiger partial charge in [0.2, 0.25) is 0 Å². The second kappa shape index (κ2) is 6.31. The zero-order valence-electron chi connectivity index (χ0n) is 13.1. The lowest BCUT2D eigenvalue weighted by Gasteiger charge is -2.35. The van der Waals surface area contributed by atoms with Gasteiger partial charge in [-0.25, -0.2) is 12.8 Å². The summed E-state index contributed by atoms with van der Waals surface area (Å²) in [5.41, 5.74) is 0.750. The molecule has 0 saturated carbocycles. The second-order valence-corrected chi connectivity index (χ2v) is 7.88. The first-order valence-electron chi connectivity index (χ1n) is 7.54. The number of carbonyl (C=O) groups excluding carboxylic acids is 1. The molecule has 7 nitrogen and oxygen atoms in total. The number of nitrogens with zero attached hydrogens (tertiary/aromatic N) is 4. The van der Waals surface area contributed by atoms with E-state index < -0.39 is 27.6 Å². The maximum absolute atomic E-state index is 13.3. The molecule has 1 aliphatic heterocycles. The van der Waals surface area contributed by atoms with Crippen LogP contribution >= 0.6 is 0 Å². The van der Waals surface area contributed by atoms with Gasteiger partial charge in [0.25, 0.3) is 5.91 Å². The van der Waals surface area contributed by atoms with E-state index in [0.717, 1.165) is 12.3 Å². The van der Waals surface area contributed by atoms with Crippen molar-refractivity contribution in [1.29, 1.82) is 0 Å². The topological polar surface area (TPSA) is 85.2 Å². The van der Waals surface area contributed by atoms with Gasteiger partial charge in [0.15, 0.2) is 9.84 Å². The summed E-state index contributed by atoms with van der Waals surface area (Å²) in [6, 6.07) is 0.463. The third-order valence-electron chi connectivity index (χ3n) is 4.01. The molecule has 1 atom stereocenters. The first kappa shape index (κ1) is 16.6. The van der Waals surface area contributed by atoms with E-state index in [1.54, 1.807) is 17.1 Å². The summed E-state index contributed by atoms with van der Waals surface area (Å²) < 4.78 is 39.1. The lowest BCUT2D eigenvalue weighted by Crippen LogP contribution is -2.46. The Labute approximate surface area is 139 Å². The Morgan fingerprint density at radius 2 is 2.17 bits per heavy atom. The van der Waals surface area contributed by atoms with E-state index in [1.165, 1.54) is 11.1 Å². The minimum atomic E-state index is -3.25. The Morgan fingerprint density at radius 1 is 1.38 bits per heavy atom. The molecule has 1 aliphatic rings. The molecule has 0 radical (unpaired) electrons. The average molecular weight is 352 g/mol. The van der Waals surface area contributed by atoms with Crippen LogP contribution in [0.15, 0.2) is 30.9 Å². The number of halogens is 1. The molecule has 2 aromatic rings. The number of aryl methyl sites for hydroxylation is 1. The van der Waals surface area contributed by atoms with Crippen LogP contribution in [0.3, 0.4) is 0 Å². The first-order valence-corrected chi connectivity index (χ1v) is 9.36. The number of hydrogen-bond acceptors (Lipinski definition) is 5. The van der Waals surface area contributed by atoms with E-state index in [0.29, 0.717) is 12.1 Å². The molecule has 2 aromatic heterocycles. The van der Waals surface area contributed by atoms with Gasteiger partial charge in [-0.3, -0.25) is 14.5 Å². The molecule has 3 rings (SSSR count). The van der Waals surface area contributed by atoms with Crippen molar-refractivity contribution in [3.63, 3.8) is 0 Å². The summed E-state index contributed by atoms with van der Waals surface area (Å²) in [4.78, 5) is 17.9. The van der Waals surface area contributed by atoms with Gasteiger partial charge < -0.3 is 4.90 Å². The van der Waals surface area contributed by atoms with Crippen molar-refractivity contribution >= 4 is 15.7 Å². The lowest BCUT2D eigenvalue weighted by molar-refractivity contribution is 0.0696. The Balaban J connectivity index is 1.96. The van der Waals surface area contributed by atoms with Crippen LogP contribution in [0, 0.1) is 5.82 Å². The number of rotatable bonds is 3. The summed E-state index contributed by atoms with van der Waals surface area (Å²) >= 11 is 0. The summed E-state index contributed by atoms with van der Waals surface area (Å²) in [6.07, 6.45) is 5.59. The standard InChI is InChI=1S/C15H17FN4O3S/c1-2-19-9-12(7-18-19)14-10-24(22,23)4-3-20(14)15(21)11-5-13(16)8-17-6-11/h5-9,14H,2-4,10H2,1H3/t14-/m0/s1. The zero-order valence-corrected chi connectivity index (χ0v) is 13.9. The number of aromatic nitrogens is 3. The largest absolute Gasteiger partial charge is 0.329 e. The van der Waals surface area contributed by atoms with Gasteiger partial charge in [0, 0.05) is 31.0 Å². The van der Waals surface area contributed by atoms with Crippen molar-refractivity contribution in [2.45, 2.75) is 19.5 Å². The van der Waals surface area contributed by atoms with Crippen molar-refractivity contribution in [2.75, 3.05) is 18.1 Å². The maximum atomic E-state index is 13.3. The highest BCUT2D eigenvalue weighted by Crippen LogP contribution is 2.28. The molecule has 1 amide bonds. The highest BCUT2D eigenvalue weighted by atomic mass is 32.2. The molecule has 0 N–H and O–H groups in total. The predicted molar refractivity (Wildman–Crippen MR) is 84.5 cm³/mol. The van der Waals surface area contributed by atoms with Crippen LogP contribution in [0.4, 0.5) is 4.39 Å². The highest BCUT2D eigenvalue weighted by molar-refractivity contribution is 7.91. The minimum absolute atomic E-state index is 0.0552. The van der Waals surface area contributed by atoms with Gasteiger partial charge in [-0.15, -0.1) is 0 Å². The molecule has 0 aliphatic carbocycles. The van der Waals surface area contributed by atoms with E-state index in [-0.39, 0.29) is 23.6 Å². The summed E-state index contributed by atoms with van der Waals surface area (Å²) in [7, 11) is -3.25. The molecule has 128 valence electrons. The molecule has 24 heavy (non-hydrogen) atoms. The van der Waals surface area contributed by atoms with Crippen LogP contribution in [0.5, 0.6) is 0 Å². The van der Waals surface area contributed by atoms with Gasteiger partial charge in [0.1, 0.15) is 5.82 Å². The van der Waals surface area contributed by atoms with Gasteiger partial charge in [0.05, 0.1) is 35.5 Å². The summed E-state index contributed by atoms with van der Waals surface area (Å²) in [6.45, 7) is 2.61. The van der Waals surface area contributed by atoms with Crippen LogP contribution in [-0.4, -0.2) is 52.0 Å². The Hall–Kier alpha value is -2.29. The fraction of sp³-hybridized carbons (Fsp3) is 0.400. The number of pyridine rings is 1. The van der Waals surface area contributed by atoms with Crippen LogP contribution in [0.25, 0.3) is 0 Å². The maximum Gasteiger partial charge on any atom is 0.256 e. The summed E-state index contributed by atoms with van der Waals surface area (Å²) in [5.74, 6) is -1.33. The Bertz CT molecular complexity index is 865. The van der Waals surface area contributed by atoms with Crippen molar-refractivity contribution < 1.29 is 17.6 Å². The molecule has 9 heteroatoms. The van der Waals surface area contributed by atoms with Crippen molar-refractivity contribution in [2.24, 2.45) is 0 Å². The molecule has 3 heterocycles. The smallest absolute Gasteiger partial charge is 0.256 e. The van der Waals surface area contributed by atoms with Crippen LogP contribution in [-0.2, 0) is 16.4 Å². The minimum Gasteiger partial charge on any atom is -0.329 e. The zero-order chi connectivity index (χ0) is 17.3. The molecule has 0 unspecified atom stereocenters. The average Bonchev–Trinajstić information content (AvgIpc) is 3.02. The number of carbonyl (C=O) groups is 1. The highest BCUT2D eigenvalue weighted by Gasteiger charge is 2.36. The molecular weight excluding hydrogens is 335 g/mol. The fourth-order valence-electron chi connectivity index (χ4n) is 2.75. The van der Waals surface area contributed by atoms with Crippen LogP contribution in [0.1, 0.15) is 28.9 Å². The van der Waals surface area contributed by atoms with E-state index >= 15 is 0 Å². The van der Waals surface area contributed by atoms with Crippen LogP contribution in [0.2, 0.25) is 0 Å². The van der Waals surface area contributed by atoms with E-state index in [4.69, 9.17) is 0 Å². The third kappa shape index (κ3) is 3.30. The fourth-order valence-corrected chi connectivity index (χ4v) is 4.24. The second-order valence-electron chi connectivity index (χ2n) is 5.65. The van der Waals surface area contributed by atoms with Gasteiger partial charge in [-0.1, -0.05) is 0 Å². The molecule has 0 bridgehead atoms. The monoisotopic (exact) mass is 352 g/mol. The van der Waals surface area contributed by atoms with Crippen molar-refractivity contribution in [1.82, 2.24) is 19.7 Å². The predicted octanol–water partition coefficient (Wildman–Crippen LogP) is 1.05. The van der Waals surface area contributed by atoms with E-state index in [9.17, 15) is 17.6 Å². The third-order valence-corrected chi connectivity index (χ3v) is 5.63. The Kier molecular flexibility index (Phi) is 4.35. The number of amides is 1. The molecule has 0 aromatic carbocycles. The van der Waals surface area contributed by atoms with E-state index in [1.807, 2.05) is 6.92 Å². The lowest BCUT2D eigenvalue weighted by atomic mass is 10.1. The SMILES string of the molecule is CCn1cc([C@@H]2CS(=O)(=O)CCN2C(=O)c2cncc(F)c2)cn1. The quantitative estimate of drug-likeness (QED) is 0.824. The van der Waals surface area contributed by atoms with Gasteiger partial charge in [-0.05, 0) is 13.0 Å². The molecule has 0 spiro atoms. The van der Waals surface area contributed by atoms with Crippen LogP contribution < -0.4 is 0 Å².